The van der Waals surface area contributed by atoms with Crippen molar-refractivity contribution in [3.63, 3.8) is 0 Å². The van der Waals surface area contributed by atoms with Gasteiger partial charge in [-0.05, 0) is 27.7 Å². The highest BCUT2D eigenvalue weighted by Gasteiger charge is 2.33. The zero-order chi connectivity index (χ0) is 14.0. The van der Waals surface area contributed by atoms with Gasteiger partial charge in [0, 0.05) is 6.54 Å². The van der Waals surface area contributed by atoms with E-state index in [0.29, 0.717) is 25.7 Å². The van der Waals surface area contributed by atoms with Gasteiger partial charge >= 0.3 is 5.97 Å². The van der Waals surface area contributed by atoms with E-state index in [2.05, 4.69) is 4.98 Å². The van der Waals surface area contributed by atoms with Gasteiger partial charge in [-0.2, -0.15) is 4.98 Å². The summed E-state index contributed by atoms with van der Waals surface area (Å²) in [6, 6.07) is 0.436. The minimum atomic E-state index is -0.460. The third-order valence-electron chi connectivity index (χ3n) is 2.82. The Kier molecular flexibility index (Phi) is 3.80. The molecule has 2 heterocycles. The Balaban J connectivity index is 2.12. The number of anilines is 1. The van der Waals surface area contributed by atoms with Crippen molar-refractivity contribution in [1.29, 1.82) is 0 Å². The molecule has 19 heavy (non-hydrogen) atoms. The van der Waals surface area contributed by atoms with Crippen LogP contribution in [-0.2, 0) is 9.47 Å². The molecule has 106 valence electrons. The van der Waals surface area contributed by atoms with Crippen LogP contribution < -0.4 is 4.90 Å². The van der Waals surface area contributed by atoms with Crippen LogP contribution in [0.2, 0.25) is 0 Å². The number of esters is 1. The largest absolute Gasteiger partial charge is 0.461 e. The van der Waals surface area contributed by atoms with Crippen LogP contribution in [0.4, 0.5) is 6.01 Å². The lowest BCUT2D eigenvalue weighted by Crippen LogP contribution is -2.52. The smallest absolute Gasteiger partial charge is 0.360 e. The molecule has 0 bridgehead atoms. The van der Waals surface area contributed by atoms with E-state index in [9.17, 15) is 4.79 Å². The van der Waals surface area contributed by atoms with Gasteiger partial charge in [0.05, 0.1) is 24.9 Å². The zero-order valence-corrected chi connectivity index (χ0v) is 11.8. The first-order chi connectivity index (χ1) is 8.91. The molecule has 1 saturated heterocycles. The molecule has 1 aliphatic rings. The van der Waals surface area contributed by atoms with Crippen molar-refractivity contribution in [2.24, 2.45) is 0 Å². The van der Waals surface area contributed by atoms with E-state index >= 15 is 0 Å². The Morgan fingerprint density at radius 2 is 2.37 bits per heavy atom. The van der Waals surface area contributed by atoms with Gasteiger partial charge in [-0.25, -0.2) is 4.79 Å². The normalized spacial score (nSPS) is 22.3. The lowest BCUT2D eigenvalue weighted by atomic mass is 10.1. The predicted molar refractivity (Wildman–Crippen MR) is 69.3 cm³/mol. The van der Waals surface area contributed by atoms with Crippen molar-refractivity contribution >= 4 is 12.0 Å². The lowest BCUT2D eigenvalue weighted by molar-refractivity contribution is -0.0761. The fourth-order valence-electron chi connectivity index (χ4n) is 2.31. The summed E-state index contributed by atoms with van der Waals surface area (Å²) in [6.45, 7) is 9.47. The minimum absolute atomic E-state index is 0.0849. The highest BCUT2D eigenvalue weighted by molar-refractivity contribution is 5.87. The second-order valence-corrected chi connectivity index (χ2v) is 5.30. The van der Waals surface area contributed by atoms with Crippen LogP contribution in [0.25, 0.3) is 0 Å². The Bertz CT molecular complexity index is 455. The van der Waals surface area contributed by atoms with E-state index in [1.54, 1.807) is 6.92 Å². The number of morpholine rings is 1. The van der Waals surface area contributed by atoms with Gasteiger partial charge in [-0.15, -0.1) is 0 Å². The first-order valence-corrected chi connectivity index (χ1v) is 6.46. The third-order valence-corrected chi connectivity index (χ3v) is 2.82. The molecule has 1 aromatic rings. The molecule has 0 saturated carbocycles. The van der Waals surface area contributed by atoms with E-state index in [1.165, 1.54) is 6.26 Å². The highest BCUT2D eigenvalue weighted by Crippen LogP contribution is 2.25. The van der Waals surface area contributed by atoms with E-state index in [-0.39, 0.29) is 17.4 Å². The Morgan fingerprint density at radius 1 is 1.63 bits per heavy atom. The molecule has 6 nitrogen and oxygen atoms in total. The summed E-state index contributed by atoms with van der Waals surface area (Å²) in [5, 5.41) is 0. The average Bonchev–Trinajstić information content (AvgIpc) is 2.75. The Labute approximate surface area is 112 Å². The minimum Gasteiger partial charge on any atom is -0.461 e. The van der Waals surface area contributed by atoms with Crippen LogP contribution in [0, 0.1) is 0 Å². The molecule has 0 radical (unpaired) electrons. The maximum Gasteiger partial charge on any atom is 0.360 e. The molecule has 0 aromatic carbocycles. The van der Waals surface area contributed by atoms with Crippen molar-refractivity contribution < 1.29 is 18.7 Å². The maximum atomic E-state index is 11.5. The Hall–Kier alpha value is -1.56. The lowest BCUT2D eigenvalue weighted by Gasteiger charge is -2.40. The van der Waals surface area contributed by atoms with Crippen molar-refractivity contribution in [3.05, 3.63) is 12.0 Å². The molecule has 1 unspecified atom stereocenters. The van der Waals surface area contributed by atoms with Crippen molar-refractivity contribution in [2.75, 3.05) is 24.6 Å². The number of aromatic nitrogens is 1. The number of oxazole rings is 1. The van der Waals surface area contributed by atoms with Crippen LogP contribution in [0.3, 0.4) is 0 Å². The van der Waals surface area contributed by atoms with Gasteiger partial charge in [0.25, 0.3) is 6.01 Å². The molecule has 1 aliphatic heterocycles. The van der Waals surface area contributed by atoms with Crippen molar-refractivity contribution in [3.8, 4) is 0 Å². The fourth-order valence-corrected chi connectivity index (χ4v) is 2.31. The monoisotopic (exact) mass is 268 g/mol. The Morgan fingerprint density at radius 3 is 3.00 bits per heavy atom. The quantitative estimate of drug-likeness (QED) is 0.780. The van der Waals surface area contributed by atoms with E-state index < -0.39 is 5.97 Å². The van der Waals surface area contributed by atoms with Crippen LogP contribution in [0.15, 0.2) is 10.7 Å². The second-order valence-electron chi connectivity index (χ2n) is 5.30. The number of hydrogen-bond acceptors (Lipinski definition) is 6. The number of carbonyl (C=O) groups is 1. The standard InChI is InChI=1S/C13H20N2O4/c1-5-17-11(16)10-7-18-12(14-10)15-6-9(2)19-13(3,4)8-15/h7,9H,5-6,8H2,1-4H3. The number of carbonyl (C=O) groups excluding carboxylic acids is 1. The molecule has 2 rings (SSSR count). The van der Waals surface area contributed by atoms with Crippen LogP contribution in [0.5, 0.6) is 0 Å². The summed E-state index contributed by atoms with van der Waals surface area (Å²) >= 11 is 0. The van der Waals surface area contributed by atoms with Gasteiger partial charge < -0.3 is 18.8 Å². The van der Waals surface area contributed by atoms with Crippen LogP contribution >= 0.6 is 0 Å². The molecule has 0 N–H and O–H groups in total. The van der Waals surface area contributed by atoms with E-state index in [1.807, 2.05) is 25.7 Å². The van der Waals surface area contributed by atoms with Gasteiger partial charge in [0.15, 0.2) is 5.69 Å². The summed E-state index contributed by atoms with van der Waals surface area (Å²) in [6.07, 6.45) is 1.42. The molecule has 1 fully saturated rings. The summed E-state index contributed by atoms with van der Waals surface area (Å²) in [5.41, 5.74) is -0.0650. The molecule has 0 aliphatic carbocycles. The third kappa shape index (κ3) is 3.26. The average molecular weight is 268 g/mol. The SMILES string of the molecule is CCOC(=O)c1coc(N2CC(C)OC(C)(C)C2)n1. The van der Waals surface area contributed by atoms with E-state index in [4.69, 9.17) is 13.9 Å². The topological polar surface area (TPSA) is 64.8 Å². The van der Waals surface area contributed by atoms with Gasteiger partial charge in [0.1, 0.15) is 6.26 Å². The van der Waals surface area contributed by atoms with Crippen molar-refractivity contribution in [2.45, 2.75) is 39.4 Å². The molecule has 0 spiro atoms. The van der Waals surface area contributed by atoms with Gasteiger partial charge in [-0.3, -0.25) is 0 Å². The zero-order valence-electron chi connectivity index (χ0n) is 11.8. The molecule has 1 aromatic heterocycles. The van der Waals surface area contributed by atoms with Crippen molar-refractivity contribution in [1.82, 2.24) is 4.98 Å². The fraction of sp³-hybridized carbons (Fsp3) is 0.692. The number of ether oxygens (including phenoxy) is 2. The van der Waals surface area contributed by atoms with Crippen LogP contribution in [0.1, 0.15) is 38.2 Å². The molecule has 1 atom stereocenters. The summed E-state index contributed by atoms with van der Waals surface area (Å²) in [5.74, 6) is -0.460. The molecule has 6 heteroatoms. The predicted octanol–water partition coefficient (Wildman–Crippen LogP) is 1.85. The molecule has 0 amide bonds. The van der Waals surface area contributed by atoms with Gasteiger partial charge in [-0.1, -0.05) is 0 Å². The first kappa shape index (κ1) is 13.9. The second kappa shape index (κ2) is 5.21. The highest BCUT2D eigenvalue weighted by atomic mass is 16.5. The first-order valence-electron chi connectivity index (χ1n) is 6.46. The number of nitrogens with zero attached hydrogens (tertiary/aromatic N) is 2. The van der Waals surface area contributed by atoms with E-state index in [0.717, 1.165) is 0 Å². The summed E-state index contributed by atoms with van der Waals surface area (Å²) in [7, 11) is 0. The van der Waals surface area contributed by atoms with Gasteiger partial charge in [0.2, 0.25) is 0 Å². The molecular formula is C13H20N2O4. The van der Waals surface area contributed by atoms with Crippen LogP contribution in [-0.4, -0.2) is 42.4 Å². The maximum absolute atomic E-state index is 11.5. The number of rotatable bonds is 3. The summed E-state index contributed by atoms with van der Waals surface area (Å²) in [4.78, 5) is 17.7. The molecular weight excluding hydrogens is 248 g/mol. The number of hydrogen-bond donors (Lipinski definition) is 0. The summed E-state index contributed by atoms with van der Waals surface area (Å²) < 4.78 is 16.1.